The van der Waals surface area contributed by atoms with Crippen LogP contribution in [0.2, 0.25) is 5.02 Å². The van der Waals surface area contributed by atoms with Crippen LogP contribution in [0.5, 0.6) is 0 Å². The highest BCUT2D eigenvalue weighted by Crippen LogP contribution is 2.25. The minimum atomic E-state index is -3.77. The van der Waals surface area contributed by atoms with Crippen LogP contribution in [0.4, 0.5) is 5.69 Å². The van der Waals surface area contributed by atoms with Gasteiger partial charge in [-0.15, -0.1) is 0 Å². The van der Waals surface area contributed by atoms with Crippen molar-refractivity contribution in [3.63, 3.8) is 0 Å². The van der Waals surface area contributed by atoms with Crippen molar-refractivity contribution >= 4 is 39.1 Å². The Morgan fingerprint density at radius 3 is 2.41 bits per heavy atom. The van der Waals surface area contributed by atoms with Gasteiger partial charge in [-0.2, -0.15) is 0 Å². The van der Waals surface area contributed by atoms with Crippen molar-refractivity contribution in [2.45, 2.75) is 53.1 Å². The van der Waals surface area contributed by atoms with Crippen LogP contribution in [0.1, 0.15) is 43.4 Å². The minimum Gasteiger partial charge on any atom is -0.354 e. The number of rotatable bonds is 11. The monoisotopic (exact) mass is 507 g/mol. The summed E-state index contributed by atoms with van der Waals surface area (Å²) in [6, 6.07) is 11.7. The van der Waals surface area contributed by atoms with Crippen molar-refractivity contribution < 1.29 is 18.0 Å². The number of unbranched alkanes of at least 4 members (excludes halogenated alkanes) is 1. The maximum absolute atomic E-state index is 13.6. The summed E-state index contributed by atoms with van der Waals surface area (Å²) < 4.78 is 26.5. The molecule has 0 saturated carbocycles. The van der Waals surface area contributed by atoms with Crippen molar-refractivity contribution in [2.24, 2.45) is 0 Å². The molecular formula is C25H34ClN3O4S. The number of nitrogens with one attached hydrogen (secondary N) is 1. The lowest BCUT2D eigenvalue weighted by molar-refractivity contribution is -0.139. The topological polar surface area (TPSA) is 86.8 Å². The SMILES string of the molecule is CCCCNC(=O)[C@@H](C)N(Cc1ccccc1Cl)C(=O)CN(c1cc(C)ccc1C)S(C)(=O)=O. The molecule has 0 heterocycles. The second-order valence-corrected chi connectivity index (χ2v) is 10.8. The van der Waals surface area contributed by atoms with Crippen LogP contribution in [-0.4, -0.2) is 50.5 Å². The summed E-state index contributed by atoms with van der Waals surface area (Å²) in [5.41, 5.74) is 2.71. The molecule has 2 amide bonds. The van der Waals surface area contributed by atoms with E-state index in [1.54, 1.807) is 44.2 Å². The second-order valence-electron chi connectivity index (χ2n) is 8.49. The van der Waals surface area contributed by atoms with Crippen molar-refractivity contribution in [3.8, 4) is 0 Å². The molecule has 2 aromatic rings. The van der Waals surface area contributed by atoms with Crippen molar-refractivity contribution in [3.05, 3.63) is 64.2 Å². The first kappa shape index (κ1) is 27.7. The number of sulfonamides is 1. The lowest BCUT2D eigenvalue weighted by atomic mass is 10.1. The van der Waals surface area contributed by atoms with E-state index < -0.39 is 28.5 Å². The zero-order chi connectivity index (χ0) is 25.5. The van der Waals surface area contributed by atoms with E-state index in [1.807, 2.05) is 26.0 Å². The first-order chi connectivity index (χ1) is 16.0. The van der Waals surface area contributed by atoms with Crippen LogP contribution in [0, 0.1) is 13.8 Å². The van der Waals surface area contributed by atoms with Gasteiger partial charge in [-0.3, -0.25) is 13.9 Å². The summed E-state index contributed by atoms with van der Waals surface area (Å²) in [5, 5.41) is 3.32. The number of benzene rings is 2. The van der Waals surface area contributed by atoms with Crippen molar-refractivity contribution in [1.29, 1.82) is 0 Å². The number of aryl methyl sites for hydroxylation is 2. The molecule has 0 aliphatic carbocycles. The summed E-state index contributed by atoms with van der Waals surface area (Å²) in [6.07, 6.45) is 2.82. The van der Waals surface area contributed by atoms with Crippen LogP contribution in [0.15, 0.2) is 42.5 Å². The lowest BCUT2D eigenvalue weighted by Crippen LogP contribution is -2.51. The number of carbonyl (C=O) groups excluding carboxylic acids is 2. The summed E-state index contributed by atoms with van der Waals surface area (Å²) in [4.78, 5) is 27.8. The molecule has 0 fully saturated rings. The number of hydrogen-bond acceptors (Lipinski definition) is 4. The third-order valence-electron chi connectivity index (χ3n) is 5.61. The molecule has 2 rings (SSSR count). The van der Waals surface area contributed by atoms with Crippen molar-refractivity contribution in [1.82, 2.24) is 10.2 Å². The Hall–Kier alpha value is -2.58. The van der Waals surface area contributed by atoms with E-state index in [0.717, 1.165) is 34.5 Å². The van der Waals surface area contributed by atoms with Crippen LogP contribution in [0.3, 0.4) is 0 Å². The molecule has 1 atom stereocenters. The number of nitrogens with zero attached hydrogens (tertiary/aromatic N) is 2. The molecule has 1 N–H and O–H groups in total. The summed E-state index contributed by atoms with van der Waals surface area (Å²) >= 11 is 6.33. The molecule has 186 valence electrons. The average Bonchev–Trinajstić information content (AvgIpc) is 2.77. The van der Waals surface area contributed by atoms with Gasteiger partial charge in [-0.25, -0.2) is 8.42 Å². The molecule has 2 aromatic carbocycles. The first-order valence-corrected chi connectivity index (χ1v) is 13.5. The normalized spacial score (nSPS) is 12.2. The largest absolute Gasteiger partial charge is 0.354 e. The Morgan fingerprint density at radius 1 is 1.12 bits per heavy atom. The van der Waals surface area contributed by atoms with Gasteiger partial charge in [0.1, 0.15) is 12.6 Å². The fourth-order valence-corrected chi connectivity index (χ4v) is 4.61. The smallest absolute Gasteiger partial charge is 0.244 e. The van der Waals surface area contributed by atoms with E-state index in [2.05, 4.69) is 5.32 Å². The third kappa shape index (κ3) is 7.46. The molecule has 34 heavy (non-hydrogen) atoms. The number of hydrogen-bond donors (Lipinski definition) is 1. The van der Waals surface area contributed by atoms with E-state index in [9.17, 15) is 18.0 Å². The predicted molar refractivity (Wildman–Crippen MR) is 137 cm³/mol. The Morgan fingerprint density at radius 2 is 1.79 bits per heavy atom. The number of halogens is 1. The van der Waals surface area contributed by atoms with E-state index in [0.29, 0.717) is 22.8 Å². The standard InChI is InChI=1S/C25H34ClN3O4S/c1-6-7-14-27-25(31)20(4)28(16-21-10-8-9-11-22(21)26)24(30)17-29(34(5,32)33)23-15-18(2)12-13-19(23)3/h8-13,15,20H,6-7,14,16-17H2,1-5H3,(H,27,31)/t20-/m1/s1. The molecule has 0 bridgehead atoms. The highest BCUT2D eigenvalue weighted by Gasteiger charge is 2.30. The maximum Gasteiger partial charge on any atom is 0.244 e. The van der Waals surface area contributed by atoms with Crippen LogP contribution in [-0.2, 0) is 26.2 Å². The average molecular weight is 508 g/mol. The van der Waals surface area contributed by atoms with Crippen LogP contribution >= 0.6 is 11.6 Å². The number of amides is 2. The first-order valence-electron chi connectivity index (χ1n) is 11.3. The molecule has 0 radical (unpaired) electrons. The molecule has 7 nitrogen and oxygen atoms in total. The lowest BCUT2D eigenvalue weighted by Gasteiger charge is -2.32. The molecule has 0 unspecified atom stereocenters. The van der Waals surface area contributed by atoms with Gasteiger partial charge in [-0.05, 0) is 56.0 Å². The minimum absolute atomic E-state index is 0.0747. The zero-order valence-electron chi connectivity index (χ0n) is 20.5. The number of anilines is 1. The molecule has 0 aromatic heterocycles. The molecule has 9 heteroatoms. The summed E-state index contributed by atoms with van der Waals surface area (Å²) in [6.45, 7) is 7.46. The number of carbonyl (C=O) groups is 2. The van der Waals surface area contributed by atoms with Gasteiger partial charge in [-0.1, -0.05) is 55.3 Å². The fourth-order valence-electron chi connectivity index (χ4n) is 3.51. The Balaban J connectivity index is 2.41. The highest BCUT2D eigenvalue weighted by atomic mass is 35.5. The quantitative estimate of drug-likeness (QED) is 0.465. The van der Waals surface area contributed by atoms with Gasteiger partial charge in [0.15, 0.2) is 0 Å². The fraction of sp³-hybridized carbons (Fsp3) is 0.440. The van der Waals surface area contributed by atoms with Crippen molar-refractivity contribution in [2.75, 3.05) is 23.7 Å². The Kier molecular flexibility index (Phi) is 9.94. The van der Waals surface area contributed by atoms with Gasteiger partial charge in [0, 0.05) is 18.1 Å². The molecule has 0 aliphatic rings. The van der Waals surface area contributed by atoms with Gasteiger partial charge in [0.05, 0.1) is 11.9 Å². The van der Waals surface area contributed by atoms with Gasteiger partial charge in [0.2, 0.25) is 21.8 Å². The van der Waals surface area contributed by atoms with E-state index in [4.69, 9.17) is 11.6 Å². The Bertz CT molecular complexity index is 1120. The van der Waals surface area contributed by atoms with Gasteiger partial charge < -0.3 is 10.2 Å². The molecule has 0 saturated heterocycles. The maximum atomic E-state index is 13.6. The molecular weight excluding hydrogens is 474 g/mol. The van der Waals surface area contributed by atoms with E-state index >= 15 is 0 Å². The summed E-state index contributed by atoms with van der Waals surface area (Å²) in [7, 11) is -3.77. The van der Waals surface area contributed by atoms with E-state index in [1.165, 1.54) is 4.90 Å². The van der Waals surface area contributed by atoms with Gasteiger partial charge >= 0.3 is 0 Å². The zero-order valence-corrected chi connectivity index (χ0v) is 22.0. The predicted octanol–water partition coefficient (Wildman–Crippen LogP) is 4.06. The third-order valence-corrected chi connectivity index (χ3v) is 7.10. The van der Waals surface area contributed by atoms with Crippen LogP contribution < -0.4 is 9.62 Å². The molecule has 0 spiro atoms. The summed E-state index contributed by atoms with van der Waals surface area (Å²) in [5.74, 6) is -0.795. The van der Waals surface area contributed by atoms with E-state index in [-0.39, 0.29) is 12.5 Å². The van der Waals surface area contributed by atoms with Crippen LogP contribution in [0.25, 0.3) is 0 Å². The second kappa shape index (κ2) is 12.2. The van der Waals surface area contributed by atoms with Gasteiger partial charge in [0.25, 0.3) is 0 Å². The Labute approximate surface area is 208 Å². The molecule has 0 aliphatic heterocycles. The highest BCUT2D eigenvalue weighted by molar-refractivity contribution is 7.92.